The molecule has 164 valence electrons. The Balaban J connectivity index is 1.78. The summed E-state index contributed by atoms with van der Waals surface area (Å²) in [7, 11) is 0. The molecule has 1 aromatic carbocycles. The van der Waals surface area contributed by atoms with Crippen molar-refractivity contribution in [1.29, 1.82) is 0 Å². The molecule has 1 saturated carbocycles. The van der Waals surface area contributed by atoms with E-state index in [1.165, 1.54) is 23.1 Å². The molecule has 4 rings (SSSR count). The molecular formula is C21H21F3N4O3. The molecule has 1 aliphatic rings. The number of nitrogens with zero attached hydrogens (tertiary/aromatic N) is 4. The fourth-order valence-corrected chi connectivity index (χ4v) is 3.12. The number of benzene rings is 1. The van der Waals surface area contributed by atoms with Crippen molar-refractivity contribution >= 4 is 17.6 Å². The Labute approximate surface area is 176 Å². The second-order valence-electron chi connectivity index (χ2n) is 8.27. The van der Waals surface area contributed by atoms with Crippen LogP contribution in [0.2, 0.25) is 0 Å². The highest BCUT2D eigenvalue weighted by Crippen LogP contribution is 2.36. The molecule has 0 unspecified atom stereocenters. The summed E-state index contributed by atoms with van der Waals surface area (Å²) < 4.78 is 49.1. The molecule has 7 nitrogen and oxygen atoms in total. The van der Waals surface area contributed by atoms with Gasteiger partial charge in [0.25, 0.3) is 0 Å². The van der Waals surface area contributed by atoms with Crippen molar-refractivity contribution in [2.75, 3.05) is 4.90 Å². The molecule has 2 aromatic heterocycles. The second kappa shape index (κ2) is 7.44. The molecule has 3 aromatic rings. The number of fused-ring (bicyclic) bond motifs is 1. The molecule has 0 atom stereocenters. The number of amides is 1. The van der Waals surface area contributed by atoms with Crippen molar-refractivity contribution in [2.45, 2.75) is 51.6 Å². The van der Waals surface area contributed by atoms with Crippen LogP contribution >= 0.6 is 0 Å². The summed E-state index contributed by atoms with van der Waals surface area (Å²) in [4.78, 5) is 23.3. The fourth-order valence-electron chi connectivity index (χ4n) is 3.12. The Morgan fingerprint density at radius 2 is 1.97 bits per heavy atom. The van der Waals surface area contributed by atoms with Gasteiger partial charge >= 0.3 is 12.5 Å². The number of rotatable bonds is 4. The molecule has 1 amide bonds. The summed E-state index contributed by atoms with van der Waals surface area (Å²) in [5.74, 6) is -0.0633. The lowest BCUT2D eigenvalue weighted by atomic mass is 10.1. The third-order valence-electron chi connectivity index (χ3n) is 4.45. The van der Waals surface area contributed by atoms with E-state index in [4.69, 9.17) is 4.74 Å². The molecule has 0 N–H and O–H groups in total. The quantitative estimate of drug-likeness (QED) is 0.565. The van der Waals surface area contributed by atoms with Crippen LogP contribution in [-0.2, 0) is 4.74 Å². The number of imidazole rings is 1. The smallest absolute Gasteiger partial charge is 0.443 e. The summed E-state index contributed by atoms with van der Waals surface area (Å²) in [6.45, 7) is 5.32. The minimum Gasteiger partial charge on any atom is -0.443 e. The Bertz CT molecular complexity index is 1120. The van der Waals surface area contributed by atoms with E-state index in [1.807, 2.05) is 0 Å². The Morgan fingerprint density at radius 3 is 2.61 bits per heavy atom. The Hall–Kier alpha value is -3.30. The summed E-state index contributed by atoms with van der Waals surface area (Å²) in [5, 5.41) is 0. The zero-order valence-electron chi connectivity index (χ0n) is 17.2. The van der Waals surface area contributed by atoms with Gasteiger partial charge in [0.2, 0.25) is 0 Å². The van der Waals surface area contributed by atoms with Gasteiger partial charge in [0.05, 0.1) is 5.69 Å². The first-order valence-corrected chi connectivity index (χ1v) is 9.72. The number of carbonyl (C=O) groups excluding carboxylic acids is 1. The molecule has 31 heavy (non-hydrogen) atoms. The van der Waals surface area contributed by atoms with Crippen LogP contribution < -0.4 is 9.64 Å². The number of anilines is 1. The van der Waals surface area contributed by atoms with Crippen molar-refractivity contribution < 1.29 is 27.4 Å². The van der Waals surface area contributed by atoms with Crippen molar-refractivity contribution in [3.8, 4) is 17.0 Å². The van der Waals surface area contributed by atoms with E-state index in [-0.39, 0.29) is 11.8 Å². The van der Waals surface area contributed by atoms with Crippen LogP contribution in [-0.4, -0.2) is 38.5 Å². The number of alkyl halides is 3. The molecule has 0 saturated heterocycles. The predicted molar refractivity (Wildman–Crippen MR) is 107 cm³/mol. The van der Waals surface area contributed by atoms with Crippen LogP contribution in [0.4, 0.5) is 23.8 Å². The van der Waals surface area contributed by atoms with Gasteiger partial charge in [-0.05, 0) is 45.7 Å². The van der Waals surface area contributed by atoms with E-state index < -0.39 is 18.1 Å². The molecular weight excluding hydrogens is 413 g/mol. The fraction of sp³-hybridized carbons (Fsp3) is 0.381. The lowest BCUT2D eigenvalue weighted by Crippen LogP contribution is -2.39. The van der Waals surface area contributed by atoms with Gasteiger partial charge in [-0.25, -0.2) is 14.8 Å². The van der Waals surface area contributed by atoms with Crippen LogP contribution in [0.25, 0.3) is 16.9 Å². The van der Waals surface area contributed by atoms with Gasteiger partial charge in [-0.3, -0.25) is 4.90 Å². The number of hydrogen-bond acceptors (Lipinski definition) is 5. The summed E-state index contributed by atoms with van der Waals surface area (Å²) in [6, 6.07) is 5.45. The first kappa shape index (κ1) is 21.0. The van der Waals surface area contributed by atoms with E-state index in [0.717, 1.165) is 12.8 Å². The highest BCUT2D eigenvalue weighted by molar-refractivity contribution is 5.92. The average molecular weight is 434 g/mol. The van der Waals surface area contributed by atoms with Crippen molar-refractivity contribution in [3.63, 3.8) is 0 Å². The highest BCUT2D eigenvalue weighted by Gasteiger charge is 2.39. The van der Waals surface area contributed by atoms with Gasteiger partial charge < -0.3 is 13.9 Å². The average Bonchev–Trinajstić information content (AvgIpc) is 3.34. The topological polar surface area (TPSA) is 69.0 Å². The third-order valence-corrected chi connectivity index (χ3v) is 4.45. The largest absolute Gasteiger partial charge is 0.573 e. The summed E-state index contributed by atoms with van der Waals surface area (Å²) in [5.41, 5.74) is 0.515. The molecule has 0 bridgehead atoms. The molecule has 2 heterocycles. The number of aromatic nitrogens is 3. The van der Waals surface area contributed by atoms with E-state index in [9.17, 15) is 18.0 Å². The normalized spacial score (nSPS) is 14.5. The van der Waals surface area contributed by atoms with Gasteiger partial charge in [-0.2, -0.15) is 0 Å². The van der Waals surface area contributed by atoms with E-state index in [1.54, 1.807) is 49.8 Å². The number of halogens is 3. The first-order valence-electron chi connectivity index (χ1n) is 9.72. The monoisotopic (exact) mass is 434 g/mol. The zero-order chi connectivity index (χ0) is 22.4. The van der Waals surface area contributed by atoms with Crippen LogP contribution in [0.15, 0.2) is 42.9 Å². The molecule has 0 aliphatic heterocycles. The lowest BCUT2D eigenvalue weighted by Gasteiger charge is -2.27. The van der Waals surface area contributed by atoms with Crippen molar-refractivity contribution in [2.24, 2.45) is 0 Å². The molecule has 0 spiro atoms. The minimum atomic E-state index is -4.80. The van der Waals surface area contributed by atoms with Crippen molar-refractivity contribution in [1.82, 2.24) is 14.4 Å². The Kier molecular flexibility index (Phi) is 5.03. The number of carbonyl (C=O) groups is 1. The van der Waals surface area contributed by atoms with E-state index in [2.05, 4.69) is 14.7 Å². The minimum absolute atomic E-state index is 0.0713. The lowest BCUT2D eigenvalue weighted by molar-refractivity contribution is -0.274. The second-order valence-corrected chi connectivity index (χ2v) is 8.27. The van der Waals surface area contributed by atoms with Gasteiger partial charge in [-0.1, -0.05) is 12.1 Å². The van der Waals surface area contributed by atoms with Gasteiger partial charge in [-0.15, -0.1) is 13.2 Å². The molecule has 0 radical (unpaired) electrons. The molecule has 10 heteroatoms. The molecule has 1 fully saturated rings. The van der Waals surface area contributed by atoms with Gasteiger partial charge in [0.1, 0.15) is 11.4 Å². The first-order chi connectivity index (χ1) is 14.5. The molecule has 1 aliphatic carbocycles. The SMILES string of the molecule is CC(C)(C)OC(=O)N(c1nc(-c2cccc(OC(F)(F)F)c2)cn2ccnc12)C1CC1. The van der Waals surface area contributed by atoms with Crippen LogP contribution in [0, 0.1) is 0 Å². The summed E-state index contributed by atoms with van der Waals surface area (Å²) in [6.07, 6.45) is 1.14. The number of hydrogen-bond donors (Lipinski definition) is 0. The standard InChI is InChI=1S/C21H21F3N4O3/c1-20(2,3)31-19(29)28(14-7-8-14)18-17-25-9-10-27(17)12-16(26-18)13-5-4-6-15(11-13)30-21(22,23)24/h4-6,9-12,14H,7-8H2,1-3H3. The van der Waals surface area contributed by atoms with Crippen LogP contribution in [0.3, 0.4) is 0 Å². The predicted octanol–water partition coefficient (Wildman–Crippen LogP) is 5.20. The van der Waals surface area contributed by atoms with Gasteiger partial charge in [0.15, 0.2) is 11.5 Å². The van der Waals surface area contributed by atoms with E-state index in [0.29, 0.717) is 22.7 Å². The third kappa shape index (κ3) is 4.89. The van der Waals surface area contributed by atoms with E-state index >= 15 is 0 Å². The summed E-state index contributed by atoms with van der Waals surface area (Å²) >= 11 is 0. The maximum atomic E-state index is 12.9. The zero-order valence-corrected chi connectivity index (χ0v) is 17.2. The Morgan fingerprint density at radius 1 is 1.23 bits per heavy atom. The van der Waals surface area contributed by atoms with Crippen LogP contribution in [0.1, 0.15) is 33.6 Å². The van der Waals surface area contributed by atoms with Gasteiger partial charge in [0, 0.05) is 30.2 Å². The maximum Gasteiger partial charge on any atom is 0.573 e. The maximum absolute atomic E-state index is 12.9. The highest BCUT2D eigenvalue weighted by atomic mass is 19.4. The number of ether oxygens (including phenoxy) is 2. The van der Waals surface area contributed by atoms with Crippen molar-refractivity contribution in [3.05, 3.63) is 42.9 Å². The van der Waals surface area contributed by atoms with Crippen LogP contribution in [0.5, 0.6) is 5.75 Å².